The highest BCUT2D eigenvalue weighted by Crippen LogP contribution is 2.34. The number of aryl methyl sites for hydroxylation is 2. The standard InChI is InChI=1S/C19H22N4O/c1-12-6-4-5-7-16(12)17-13(2)23(14(3)18(17)19(20)24)9-8-15-10-21-11-22-15/h4-7,10-11H,8-9H2,1-3H3,(H2,20,24)(H,21,22). The van der Waals surface area contributed by atoms with Crippen LogP contribution in [0.15, 0.2) is 36.8 Å². The monoisotopic (exact) mass is 322 g/mol. The van der Waals surface area contributed by atoms with Crippen molar-refractivity contribution in [2.45, 2.75) is 33.7 Å². The zero-order valence-corrected chi connectivity index (χ0v) is 14.3. The number of amides is 1. The Kier molecular flexibility index (Phi) is 4.25. The number of primary amides is 1. The highest BCUT2D eigenvalue weighted by atomic mass is 16.1. The molecule has 0 atom stereocenters. The summed E-state index contributed by atoms with van der Waals surface area (Å²) in [5.41, 5.74) is 12.5. The van der Waals surface area contributed by atoms with Gasteiger partial charge in [0.05, 0.1) is 11.9 Å². The Bertz CT molecular complexity index is 875. The molecule has 1 aromatic carbocycles. The first-order valence-electron chi connectivity index (χ1n) is 8.03. The summed E-state index contributed by atoms with van der Waals surface area (Å²) in [6.07, 6.45) is 4.32. The molecule has 0 unspecified atom stereocenters. The number of rotatable bonds is 5. The van der Waals surface area contributed by atoms with Crippen molar-refractivity contribution >= 4 is 5.91 Å². The molecule has 2 heterocycles. The first kappa shape index (κ1) is 16.1. The van der Waals surface area contributed by atoms with Gasteiger partial charge in [-0.3, -0.25) is 4.79 Å². The van der Waals surface area contributed by atoms with Crippen LogP contribution in [-0.2, 0) is 13.0 Å². The van der Waals surface area contributed by atoms with E-state index in [-0.39, 0.29) is 5.91 Å². The molecule has 0 aliphatic heterocycles. The largest absolute Gasteiger partial charge is 0.366 e. The number of hydrogen-bond acceptors (Lipinski definition) is 2. The van der Waals surface area contributed by atoms with Gasteiger partial charge in [0.2, 0.25) is 0 Å². The fourth-order valence-corrected chi connectivity index (χ4v) is 3.36. The summed E-state index contributed by atoms with van der Waals surface area (Å²) in [5.74, 6) is -0.380. The maximum Gasteiger partial charge on any atom is 0.251 e. The van der Waals surface area contributed by atoms with Crippen LogP contribution in [0, 0.1) is 20.8 Å². The van der Waals surface area contributed by atoms with Crippen LogP contribution in [0.25, 0.3) is 11.1 Å². The Hall–Kier alpha value is -2.82. The minimum Gasteiger partial charge on any atom is -0.366 e. The number of aromatic nitrogens is 3. The highest BCUT2D eigenvalue weighted by molar-refractivity contribution is 6.02. The molecule has 2 aromatic heterocycles. The summed E-state index contributed by atoms with van der Waals surface area (Å²) >= 11 is 0. The molecule has 0 aliphatic carbocycles. The average molecular weight is 322 g/mol. The summed E-state index contributed by atoms with van der Waals surface area (Å²) in [5, 5.41) is 0. The molecule has 5 heteroatoms. The van der Waals surface area contributed by atoms with Gasteiger partial charge in [0.25, 0.3) is 5.91 Å². The molecule has 24 heavy (non-hydrogen) atoms. The van der Waals surface area contributed by atoms with Crippen LogP contribution in [0.2, 0.25) is 0 Å². The fourth-order valence-electron chi connectivity index (χ4n) is 3.36. The molecule has 0 aliphatic rings. The van der Waals surface area contributed by atoms with Gasteiger partial charge in [0.15, 0.2) is 0 Å². The van der Waals surface area contributed by atoms with Gasteiger partial charge in [-0.2, -0.15) is 0 Å². The second-order valence-corrected chi connectivity index (χ2v) is 6.08. The number of H-pyrrole nitrogens is 1. The van der Waals surface area contributed by atoms with E-state index >= 15 is 0 Å². The lowest BCUT2D eigenvalue weighted by molar-refractivity contribution is 0.1000. The van der Waals surface area contributed by atoms with Crippen molar-refractivity contribution in [2.75, 3.05) is 0 Å². The van der Waals surface area contributed by atoms with Crippen LogP contribution >= 0.6 is 0 Å². The molecule has 1 amide bonds. The predicted molar refractivity (Wildman–Crippen MR) is 94.9 cm³/mol. The molecular formula is C19H22N4O. The second kappa shape index (κ2) is 6.35. The molecule has 0 fully saturated rings. The van der Waals surface area contributed by atoms with Gasteiger partial charge in [-0.05, 0) is 31.9 Å². The number of hydrogen-bond donors (Lipinski definition) is 2. The highest BCUT2D eigenvalue weighted by Gasteiger charge is 2.23. The molecule has 5 nitrogen and oxygen atoms in total. The number of nitrogens with zero attached hydrogens (tertiary/aromatic N) is 2. The van der Waals surface area contributed by atoms with Crippen LogP contribution < -0.4 is 5.73 Å². The van der Waals surface area contributed by atoms with Crippen molar-refractivity contribution in [2.24, 2.45) is 5.73 Å². The minimum absolute atomic E-state index is 0.380. The van der Waals surface area contributed by atoms with Gasteiger partial charge in [0, 0.05) is 41.8 Å². The van der Waals surface area contributed by atoms with Crippen molar-refractivity contribution in [1.29, 1.82) is 0 Å². The Balaban J connectivity index is 2.10. The van der Waals surface area contributed by atoms with Crippen LogP contribution in [0.1, 0.15) is 33.0 Å². The summed E-state index contributed by atoms with van der Waals surface area (Å²) in [4.78, 5) is 19.3. The summed E-state index contributed by atoms with van der Waals surface area (Å²) < 4.78 is 2.17. The van der Waals surface area contributed by atoms with E-state index in [0.29, 0.717) is 5.56 Å². The van der Waals surface area contributed by atoms with Gasteiger partial charge < -0.3 is 15.3 Å². The first-order valence-corrected chi connectivity index (χ1v) is 8.03. The SMILES string of the molecule is Cc1ccccc1-c1c(C(N)=O)c(C)n(CCc2cnc[nH]2)c1C. The number of carbonyl (C=O) groups excluding carboxylic acids is 1. The molecule has 3 N–H and O–H groups in total. The quantitative estimate of drug-likeness (QED) is 0.757. The van der Waals surface area contributed by atoms with Gasteiger partial charge in [0.1, 0.15) is 0 Å². The van der Waals surface area contributed by atoms with Crippen molar-refractivity contribution in [1.82, 2.24) is 14.5 Å². The molecule has 0 spiro atoms. The third kappa shape index (κ3) is 2.73. The van der Waals surface area contributed by atoms with Crippen LogP contribution in [0.5, 0.6) is 0 Å². The topological polar surface area (TPSA) is 76.7 Å². The van der Waals surface area contributed by atoms with Gasteiger partial charge in [-0.1, -0.05) is 24.3 Å². The number of benzene rings is 1. The summed E-state index contributed by atoms with van der Waals surface area (Å²) in [7, 11) is 0. The predicted octanol–water partition coefficient (Wildman–Crippen LogP) is 3.15. The van der Waals surface area contributed by atoms with Crippen molar-refractivity contribution in [3.63, 3.8) is 0 Å². The zero-order chi connectivity index (χ0) is 17.3. The number of imidazole rings is 1. The molecule has 0 bridgehead atoms. The van der Waals surface area contributed by atoms with Gasteiger partial charge >= 0.3 is 0 Å². The van der Waals surface area contributed by atoms with E-state index in [4.69, 9.17) is 5.73 Å². The number of carbonyl (C=O) groups is 1. The van der Waals surface area contributed by atoms with E-state index in [2.05, 4.69) is 27.5 Å². The lowest BCUT2D eigenvalue weighted by Crippen LogP contribution is -2.14. The Morgan fingerprint density at radius 2 is 1.96 bits per heavy atom. The van der Waals surface area contributed by atoms with Gasteiger partial charge in [-0.15, -0.1) is 0 Å². The molecule has 0 saturated heterocycles. The first-order chi connectivity index (χ1) is 11.5. The van der Waals surface area contributed by atoms with E-state index in [1.807, 2.05) is 38.2 Å². The van der Waals surface area contributed by atoms with Crippen molar-refractivity contribution < 1.29 is 4.79 Å². The lowest BCUT2D eigenvalue weighted by Gasteiger charge is -2.10. The average Bonchev–Trinajstić information content (AvgIpc) is 3.13. The zero-order valence-electron chi connectivity index (χ0n) is 14.3. The van der Waals surface area contributed by atoms with Gasteiger partial charge in [-0.25, -0.2) is 4.98 Å². The van der Waals surface area contributed by atoms with Crippen molar-refractivity contribution in [3.05, 3.63) is 65.0 Å². The molecule has 3 aromatic rings. The minimum atomic E-state index is -0.380. The molecular weight excluding hydrogens is 300 g/mol. The Labute approximate surface area is 141 Å². The molecule has 0 saturated carbocycles. The lowest BCUT2D eigenvalue weighted by atomic mass is 9.96. The smallest absolute Gasteiger partial charge is 0.251 e. The van der Waals surface area contributed by atoms with Crippen LogP contribution in [0.3, 0.4) is 0 Å². The van der Waals surface area contributed by atoms with E-state index in [0.717, 1.165) is 46.7 Å². The fraction of sp³-hybridized carbons (Fsp3) is 0.263. The number of nitrogens with one attached hydrogen (secondary N) is 1. The normalized spacial score (nSPS) is 11.0. The van der Waals surface area contributed by atoms with E-state index in [1.54, 1.807) is 6.33 Å². The third-order valence-corrected chi connectivity index (χ3v) is 4.60. The van der Waals surface area contributed by atoms with Crippen molar-refractivity contribution in [3.8, 4) is 11.1 Å². The maximum absolute atomic E-state index is 12.1. The third-order valence-electron chi connectivity index (χ3n) is 4.60. The van der Waals surface area contributed by atoms with E-state index < -0.39 is 0 Å². The maximum atomic E-state index is 12.1. The van der Waals surface area contributed by atoms with Crippen LogP contribution in [-0.4, -0.2) is 20.4 Å². The second-order valence-electron chi connectivity index (χ2n) is 6.08. The van der Waals surface area contributed by atoms with E-state index in [9.17, 15) is 4.79 Å². The summed E-state index contributed by atoms with van der Waals surface area (Å²) in [6, 6.07) is 8.09. The molecule has 3 rings (SSSR count). The van der Waals surface area contributed by atoms with Crippen LogP contribution in [0.4, 0.5) is 0 Å². The Morgan fingerprint density at radius 1 is 1.21 bits per heavy atom. The summed E-state index contributed by atoms with van der Waals surface area (Å²) in [6.45, 7) is 6.83. The molecule has 0 radical (unpaired) electrons. The number of aromatic amines is 1. The molecule has 124 valence electrons. The van der Waals surface area contributed by atoms with E-state index in [1.165, 1.54) is 0 Å². The Morgan fingerprint density at radius 3 is 2.58 bits per heavy atom. The number of nitrogens with two attached hydrogens (primary N) is 1.